The van der Waals surface area contributed by atoms with Crippen molar-refractivity contribution >= 4 is 11.8 Å². The number of hydrogen-bond donors (Lipinski definition) is 2. The largest absolute Gasteiger partial charge is 0.472 e. The van der Waals surface area contributed by atoms with Gasteiger partial charge in [-0.1, -0.05) is 0 Å². The first-order valence-corrected chi connectivity index (χ1v) is 5.38. The van der Waals surface area contributed by atoms with Crippen molar-refractivity contribution in [2.45, 2.75) is 19.1 Å². The number of aliphatic hydroxyl groups excluding tert-OH is 1. The van der Waals surface area contributed by atoms with Crippen molar-refractivity contribution in [2.24, 2.45) is 0 Å². The highest BCUT2D eigenvalue weighted by Crippen LogP contribution is 2.09. The summed E-state index contributed by atoms with van der Waals surface area (Å²) in [6.07, 6.45) is 2.28. The summed E-state index contributed by atoms with van der Waals surface area (Å²) in [5.41, 5.74) is 0.383. The molecule has 1 aliphatic rings. The van der Waals surface area contributed by atoms with Crippen LogP contribution in [-0.2, 0) is 4.79 Å². The summed E-state index contributed by atoms with van der Waals surface area (Å²) in [5, 5.41) is 11.7. The minimum Gasteiger partial charge on any atom is -0.472 e. The van der Waals surface area contributed by atoms with E-state index < -0.39 is 12.1 Å². The van der Waals surface area contributed by atoms with Gasteiger partial charge in [0.05, 0.1) is 17.9 Å². The summed E-state index contributed by atoms with van der Waals surface area (Å²) in [7, 11) is 0. The fraction of sp³-hybridized carbons (Fsp3) is 0.455. The number of carbonyl (C=O) groups excluding carboxylic acids is 2. The Morgan fingerprint density at radius 1 is 1.59 bits per heavy atom. The Kier molecular flexibility index (Phi) is 3.14. The number of nitrogens with zero attached hydrogens (tertiary/aromatic N) is 1. The average Bonchev–Trinajstić information content (AvgIpc) is 2.77. The molecule has 1 unspecified atom stereocenters. The van der Waals surface area contributed by atoms with Crippen LogP contribution in [0.2, 0.25) is 0 Å². The molecular weight excluding hydrogens is 224 g/mol. The molecule has 0 bridgehead atoms. The lowest BCUT2D eigenvalue weighted by atomic mass is 10.1. The Morgan fingerprint density at radius 2 is 2.29 bits per heavy atom. The summed E-state index contributed by atoms with van der Waals surface area (Å²) in [6, 6.07) is 0.921. The molecule has 92 valence electrons. The van der Waals surface area contributed by atoms with Gasteiger partial charge < -0.3 is 19.7 Å². The molecule has 1 aromatic rings. The summed E-state index contributed by atoms with van der Waals surface area (Å²) in [5.74, 6) is -0.534. The maximum Gasteiger partial charge on any atom is 0.255 e. The van der Waals surface area contributed by atoms with Gasteiger partial charge >= 0.3 is 0 Å². The van der Waals surface area contributed by atoms with Crippen LogP contribution in [0.15, 0.2) is 23.0 Å². The van der Waals surface area contributed by atoms with E-state index in [-0.39, 0.29) is 11.8 Å². The second-order valence-electron chi connectivity index (χ2n) is 4.10. The number of likely N-dealkylation sites (tertiary alicyclic amines) is 1. The second kappa shape index (κ2) is 4.58. The summed E-state index contributed by atoms with van der Waals surface area (Å²) in [4.78, 5) is 24.9. The van der Waals surface area contributed by atoms with Crippen LogP contribution in [0.1, 0.15) is 17.3 Å². The molecule has 1 fully saturated rings. The smallest absolute Gasteiger partial charge is 0.255 e. The van der Waals surface area contributed by atoms with Gasteiger partial charge in [-0.15, -0.1) is 0 Å². The van der Waals surface area contributed by atoms with Gasteiger partial charge in [-0.05, 0) is 13.0 Å². The van der Waals surface area contributed by atoms with Crippen LogP contribution >= 0.6 is 0 Å². The van der Waals surface area contributed by atoms with Crippen LogP contribution in [0, 0.1) is 0 Å². The standard InChI is InChI=1S/C11H14N2O4/c1-7(11(16)13-4-9(14)5-13)12-10(15)8-2-3-17-6-8/h2-3,6-7,9,14H,4-5H2,1H3,(H,12,15). The zero-order chi connectivity index (χ0) is 12.4. The molecule has 1 aliphatic heterocycles. The van der Waals surface area contributed by atoms with Crippen LogP contribution in [0.4, 0.5) is 0 Å². The molecule has 0 aromatic carbocycles. The monoisotopic (exact) mass is 238 g/mol. The highest BCUT2D eigenvalue weighted by molar-refractivity contribution is 5.97. The number of furan rings is 1. The number of nitrogens with one attached hydrogen (secondary N) is 1. The molecule has 2 amide bonds. The summed E-state index contributed by atoms with van der Waals surface area (Å²) >= 11 is 0. The maximum atomic E-state index is 11.8. The van der Waals surface area contributed by atoms with Crippen molar-refractivity contribution in [1.29, 1.82) is 0 Å². The molecule has 2 N–H and O–H groups in total. The number of hydrogen-bond acceptors (Lipinski definition) is 4. The number of aliphatic hydroxyl groups is 1. The predicted octanol–water partition coefficient (Wildman–Crippen LogP) is -0.399. The molecule has 2 rings (SSSR count). The van der Waals surface area contributed by atoms with Crippen molar-refractivity contribution in [1.82, 2.24) is 10.2 Å². The van der Waals surface area contributed by atoms with E-state index in [2.05, 4.69) is 5.32 Å². The molecular formula is C11H14N2O4. The second-order valence-corrected chi connectivity index (χ2v) is 4.10. The predicted molar refractivity (Wildman–Crippen MR) is 58.2 cm³/mol. The molecule has 0 spiro atoms. The van der Waals surface area contributed by atoms with E-state index in [0.29, 0.717) is 18.7 Å². The zero-order valence-corrected chi connectivity index (χ0v) is 9.42. The van der Waals surface area contributed by atoms with Gasteiger partial charge in [-0.2, -0.15) is 0 Å². The molecule has 1 saturated heterocycles. The van der Waals surface area contributed by atoms with E-state index in [1.54, 1.807) is 6.92 Å². The Morgan fingerprint density at radius 3 is 2.82 bits per heavy atom. The third kappa shape index (κ3) is 2.47. The van der Waals surface area contributed by atoms with Gasteiger partial charge in [0.25, 0.3) is 5.91 Å². The number of amides is 2. The SMILES string of the molecule is CC(NC(=O)c1ccoc1)C(=O)N1CC(O)C1. The van der Waals surface area contributed by atoms with E-state index in [1.165, 1.54) is 23.5 Å². The lowest BCUT2D eigenvalue weighted by molar-refractivity contribution is -0.142. The molecule has 0 saturated carbocycles. The van der Waals surface area contributed by atoms with E-state index in [4.69, 9.17) is 9.52 Å². The van der Waals surface area contributed by atoms with Crippen molar-refractivity contribution in [2.75, 3.05) is 13.1 Å². The quantitative estimate of drug-likeness (QED) is 0.750. The average molecular weight is 238 g/mol. The first-order chi connectivity index (χ1) is 8.08. The molecule has 6 nitrogen and oxygen atoms in total. The maximum absolute atomic E-state index is 11.8. The van der Waals surface area contributed by atoms with Crippen molar-refractivity contribution < 1.29 is 19.1 Å². The first kappa shape index (κ1) is 11.7. The minimum atomic E-state index is -0.607. The van der Waals surface area contributed by atoms with Crippen LogP contribution in [0.3, 0.4) is 0 Å². The van der Waals surface area contributed by atoms with Gasteiger partial charge in [0.2, 0.25) is 5.91 Å². The van der Waals surface area contributed by atoms with Crippen molar-refractivity contribution in [3.8, 4) is 0 Å². The molecule has 1 aromatic heterocycles. The Balaban J connectivity index is 1.86. The topological polar surface area (TPSA) is 82.8 Å². The van der Waals surface area contributed by atoms with Gasteiger partial charge in [-0.3, -0.25) is 9.59 Å². The fourth-order valence-corrected chi connectivity index (χ4v) is 1.64. The number of β-amino-alcohol motifs (C(OH)–C–C–N with tert-alkyl or cyclic N) is 1. The molecule has 6 heteroatoms. The van der Waals surface area contributed by atoms with Crippen molar-refractivity contribution in [3.63, 3.8) is 0 Å². The lowest BCUT2D eigenvalue weighted by Gasteiger charge is -2.37. The van der Waals surface area contributed by atoms with Gasteiger partial charge in [0, 0.05) is 13.1 Å². The summed E-state index contributed by atoms with van der Waals surface area (Å²) < 4.78 is 4.78. The first-order valence-electron chi connectivity index (χ1n) is 5.38. The van der Waals surface area contributed by atoms with Crippen LogP contribution in [0.25, 0.3) is 0 Å². The molecule has 17 heavy (non-hydrogen) atoms. The van der Waals surface area contributed by atoms with Crippen LogP contribution in [0.5, 0.6) is 0 Å². The van der Waals surface area contributed by atoms with Gasteiger partial charge in [-0.25, -0.2) is 0 Å². The van der Waals surface area contributed by atoms with Crippen molar-refractivity contribution in [3.05, 3.63) is 24.2 Å². The highest BCUT2D eigenvalue weighted by atomic mass is 16.3. The number of carbonyl (C=O) groups is 2. The molecule has 1 atom stereocenters. The van der Waals surface area contributed by atoms with E-state index in [0.717, 1.165) is 0 Å². The van der Waals surface area contributed by atoms with Crippen LogP contribution < -0.4 is 5.32 Å². The van der Waals surface area contributed by atoms with Crippen LogP contribution in [-0.4, -0.2) is 47.1 Å². The molecule has 0 aliphatic carbocycles. The normalized spacial score (nSPS) is 17.4. The molecule has 0 radical (unpaired) electrons. The third-order valence-corrected chi connectivity index (χ3v) is 2.68. The third-order valence-electron chi connectivity index (χ3n) is 2.68. The molecule has 2 heterocycles. The van der Waals surface area contributed by atoms with Gasteiger partial charge in [0.15, 0.2) is 0 Å². The van der Waals surface area contributed by atoms with Gasteiger partial charge in [0.1, 0.15) is 12.3 Å². The van der Waals surface area contributed by atoms with E-state index >= 15 is 0 Å². The fourth-order valence-electron chi connectivity index (χ4n) is 1.64. The Labute approximate surface area is 98.2 Å². The lowest BCUT2D eigenvalue weighted by Crippen LogP contribution is -2.58. The zero-order valence-electron chi connectivity index (χ0n) is 9.42. The van der Waals surface area contributed by atoms with E-state index in [9.17, 15) is 9.59 Å². The summed E-state index contributed by atoms with van der Waals surface area (Å²) in [6.45, 7) is 2.29. The van der Waals surface area contributed by atoms with E-state index in [1.807, 2.05) is 0 Å². The Hall–Kier alpha value is -1.82. The Bertz CT molecular complexity index is 409. The number of rotatable bonds is 3. The highest BCUT2D eigenvalue weighted by Gasteiger charge is 2.32. The minimum absolute atomic E-state index is 0.188.